The Balaban J connectivity index is 1.39. The van der Waals surface area contributed by atoms with Crippen LogP contribution in [0.5, 0.6) is 0 Å². The Morgan fingerprint density at radius 2 is 1.84 bits per heavy atom. The zero-order valence-corrected chi connectivity index (χ0v) is 19.4. The van der Waals surface area contributed by atoms with Gasteiger partial charge in [-0.2, -0.15) is 0 Å². The maximum Gasteiger partial charge on any atom is 0.222 e. The van der Waals surface area contributed by atoms with E-state index in [4.69, 9.17) is 11.6 Å². The van der Waals surface area contributed by atoms with Gasteiger partial charge >= 0.3 is 0 Å². The van der Waals surface area contributed by atoms with E-state index >= 15 is 0 Å². The molecule has 1 fully saturated rings. The van der Waals surface area contributed by atoms with Crippen LogP contribution in [0, 0.1) is 12.7 Å². The molecular weight excluding hydrogens is 445 g/mol. The minimum Gasteiger partial charge on any atom is -0.351 e. The van der Waals surface area contributed by atoms with Gasteiger partial charge in [0.05, 0.1) is 5.02 Å². The first kappa shape index (κ1) is 22.6. The van der Waals surface area contributed by atoms with Gasteiger partial charge in [-0.1, -0.05) is 55.1 Å². The van der Waals surface area contributed by atoms with E-state index in [1.807, 2.05) is 37.3 Å². The molecule has 0 amide bonds. The van der Waals surface area contributed by atoms with E-state index in [-0.39, 0.29) is 5.82 Å². The molecule has 166 valence electrons. The molecule has 0 spiro atoms. The molecule has 8 heteroatoms. The summed E-state index contributed by atoms with van der Waals surface area (Å²) in [7, 11) is 0. The summed E-state index contributed by atoms with van der Waals surface area (Å²) in [5.74, 6) is 0.397. The number of aryl methyl sites for hydroxylation is 1. The van der Waals surface area contributed by atoms with Crippen molar-refractivity contribution in [1.82, 2.24) is 15.0 Å². The third kappa shape index (κ3) is 5.99. The maximum absolute atomic E-state index is 14.6. The third-order valence-corrected chi connectivity index (χ3v) is 6.68. The molecular formula is C24H25ClFN5S. The first-order valence-corrected chi connectivity index (χ1v) is 11.9. The number of hydrogen-bond acceptors (Lipinski definition) is 6. The molecule has 0 unspecified atom stereocenters. The lowest BCUT2D eigenvalue weighted by Gasteiger charge is -2.22. The summed E-state index contributed by atoms with van der Waals surface area (Å²) in [6.45, 7) is 1.85. The first-order valence-electron chi connectivity index (χ1n) is 10.7. The van der Waals surface area contributed by atoms with Crippen molar-refractivity contribution in [3.63, 3.8) is 0 Å². The van der Waals surface area contributed by atoms with E-state index in [0.717, 1.165) is 10.5 Å². The van der Waals surface area contributed by atoms with Crippen molar-refractivity contribution in [2.75, 3.05) is 10.0 Å². The molecule has 0 saturated heterocycles. The molecule has 4 rings (SSSR count). The summed E-state index contributed by atoms with van der Waals surface area (Å²) in [4.78, 5) is 14.0. The average Bonchev–Trinajstić information content (AvgIpc) is 2.81. The number of benzene rings is 1. The van der Waals surface area contributed by atoms with E-state index < -0.39 is 5.82 Å². The van der Waals surface area contributed by atoms with Gasteiger partial charge in [-0.15, -0.1) is 0 Å². The minimum absolute atomic E-state index is 0.172. The van der Waals surface area contributed by atoms with Crippen LogP contribution in [0.2, 0.25) is 5.02 Å². The molecule has 1 aliphatic rings. The van der Waals surface area contributed by atoms with E-state index in [0.29, 0.717) is 28.3 Å². The predicted molar refractivity (Wildman–Crippen MR) is 131 cm³/mol. The number of hydrogen-bond donors (Lipinski definition) is 2. The molecule has 32 heavy (non-hydrogen) atoms. The van der Waals surface area contributed by atoms with Crippen LogP contribution in [-0.4, -0.2) is 21.0 Å². The Labute approximate surface area is 197 Å². The number of nitrogens with zero attached hydrogens (tertiary/aromatic N) is 3. The summed E-state index contributed by atoms with van der Waals surface area (Å²) in [6, 6.07) is 9.30. The number of aromatic nitrogens is 3. The van der Waals surface area contributed by atoms with Gasteiger partial charge < -0.3 is 10.0 Å². The minimum atomic E-state index is -0.432. The van der Waals surface area contributed by atoms with Gasteiger partial charge in [0.15, 0.2) is 11.6 Å². The summed E-state index contributed by atoms with van der Waals surface area (Å²) >= 11 is 7.37. The van der Waals surface area contributed by atoms with Gasteiger partial charge in [-0.3, -0.25) is 0 Å². The van der Waals surface area contributed by atoms with Crippen molar-refractivity contribution >= 4 is 47.5 Å². The van der Waals surface area contributed by atoms with Crippen LogP contribution in [0.15, 0.2) is 47.6 Å². The zero-order chi connectivity index (χ0) is 22.3. The summed E-state index contributed by atoms with van der Waals surface area (Å²) in [5, 5.41) is 4.01. The fourth-order valence-electron chi connectivity index (χ4n) is 3.58. The highest BCUT2D eigenvalue weighted by atomic mass is 35.5. The molecule has 0 radical (unpaired) electrons. The molecule has 2 aromatic heterocycles. The van der Waals surface area contributed by atoms with Crippen LogP contribution >= 0.6 is 23.5 Å². The largest absolute Gasteiger partial charge is 0.351 e. The topological polar surface area (TPSA) is 62.7 Å². The molecule has 2 N–H and O–H groups in total. The SMILES string of the molecule is Cc1nc(NSc2ccccc2Cl)c(F)cc1/C=C/c1cnc(NC2CCCCC2)nc1. The first-order chi connectivity index (χ1) is 15.6. The second kappa shape index (κ2) is 10.8. The molecule has 3 aromatic rings. The number of nitrogens with one attached hydrogen (secondary N) is 2. The quantitative estimate of drug-likeness (QED) is 0.363. The fraction of sp³-hybridized carbons (Fsp3) is 0.292. The van der Waals surface area contributed by atoms with Gasteiger partial charge in [0.1, 0.15) is 0 Å². The Morgan fingerprint density at radius 1 is 1.09 bits per heavy atom. The van der Waals surface area contributed by atoms with E-state index in [9.17, 15) is 4.39 Å². The summed E-state index contributed by atoms with van der Waals surface area (Å²) in [6.07, 6.45) is 13.4. The number of rotatable bonds is 7. The fourth-order valence-corrected chi connectivity index (χ4v) is 4.49. The Kier molecular flexibility index (Phi) is 7.60. The molecule has 0 aliphatic heterocycles. The van der Waals surface area contributed by atoms with Crippen LogP contribution in [0.3, 0.4) is 0 Å². The van der Waals surface area contributed by atoms with Crippen LogP contribution in [0.1, 0.15) is 48.9 Å². The van der Waals surface area contributed by atoms with Gasteiger partial charge in [-0.25, -0.2) is 19.3 Å². The number of halogens is 2. The molecule has 5 nitrogen and oxygen atoms in total. The predicted octanol–water partition coefficient (Wildman–Crippen LogP) is 7.01. The van der Waals surface area contributed by atoms with Crippen LogP contribution in [0.25, 0.3) is 12.2 Å². The lowest BCUT2D eigenvalue weighted by atomic mass is 9.96. The molecule has 0 bridgehead atoms. The van der Waals surface area contributed by atoms with Gasteiger partial charge in [0.25, 0.3) is 0 Å². The monoisotopic (exact) mass is 469 g/mol. The van der Waals surface area contributed by atoms with E-state index in [2.05, 4.69) is 25.0 Å². The average molecular weight is 470 g/mol. The standard InChI is InChI=1S/C24H25ClFN5S/c1-16-18(13-21(26)23(29-16)31-32-22-10-6-5-9-20(22)25)12-11-17-14-27-24(28-15-17)30-19-7-3-2-4-8-19/h5-6,9-15,19H,2-4,7-8H2,1H3,(H,29,31)(H,27,28,30)/b12-11+. The molecule has 1 saturated carbocycles. The maximum atomic E-state index is 14.6. The number of anilines is 2. The molecule has 1 aliphatic carbocycles. The third-order valence-electron chi connectivity index (χ3n) is 5.37. The van der Waals surface area contributed by atoms with Crippen molar-refractivity contribution < 1.29 is 4.39 Å². The Hall–Kier alpha value is -2.64. The molecule has 1 aromatic carbocycles. The van der Waals surface area contributed by atoms with Gasteiger partial charge in [-0.05, 0) is 55.5 Å². The van der Waals surface area contributed by atoms with Crippen molar-refractivity contribution in [3.8, 4) is 0 Å². The van der Waals surface area contributed by atoms with E-state index in [1.54, 1.807) is 18.5 Å². The highest BCUT2D eigenvalue weighted by Crippen LogP contribution is 2.29. The normalized spacial score (nSPS) is 14.6. The Morgan fingerprint density at radius 3 is 2.59 bits per heavy atom. The highest BCUT2D eigenvalue weighted by molar-refractivity contribution is 8.00. The second-order valence-corrected chi connectivity index (χ2v) is 9.04. The second-order valence-electron chi connectivity index (χ2n) is 7.78. The lowest BCUT2D eigenvalue weighted by Crippen LogP contribution is -2.23. The van der Waals surface area contributed by atoms with Crippen LogP contribution in [0.4, 0.5) is 16.2 Å². The lowest BCUT2D eigenvalue weighted by molar-refractivity contribution is 0.461. The van der Waals surface area contributed by atoms with E-state index in [1.165, 1.54) is 50.1 Å². The summed E-state index contributed by atoms with van der Waals surface area (Å²) in [5.41, 5.74) is 2.25. The van der Waals surface area contributed by atoms with Crippen molar-refractivity contribution in [3.05, 3.63) is 70.4 Å². The van der Waals surface area contributed by atoms with Crippen LogP contribution in [-0.2, 0) is 0 Å². The highest BCUT2D eigenvalue weighted by Gasteiger charge is 2.14. The zero-order valence-electron chi connectivity index (χ0n) is 17.8. The van der Waals surface area contributed by atoms with Crippen molar-refractivity contribution in [2.45, 2.75) is 50.0 Å². The summed E-state index contributed by atoms with van der Waals surface area (Å²) < 4.78 is 17.5. The molecule has 0 atom stereocenters. The van der Waals surface area contributed by atoms with Gasteiger partial charge in [0, 0.05) is 34.6 Å². The van der Waals surface area contributed by atoms with Crippen LogP contribution < -0.4 is 10.0 Å². The Bertz CT molecular complexity index is 1080. The van der Waals surface area contributed by atoms with Crippen molar-refractivity contribution in [1.29, 1.82) is 0 Å². The smallest absolute Gasteiger partial charge is 0.222 e. The van der Waals surface area contributed by atoms with Crippen molar-refractivity contribution in [2.24, 2.45) is 0 Å². The van der Waals surface area contributed by atoms with Gasteiger partial charge in [0.2, 0.25) is 5.95 Å². The molecule has 2 heterocycles. The number of pyridine rings is 1.